The predicted molar refractivity (Wildman–Crippen MR) is 54.9 cm³/mol. The second-order valence-corrected chi connectivity index (χ2v) is 3.40. The average Bonchev–Trinajstić information content (AvgIpc) is 2.14. The molecule has 72 valence electrons. The summed E-state index contributed by atoms with van der Waals surface area (Å²) in [5.41, 5.74) is 1.20. The maximum absolute atomic E-state index is 9.22. The first-order chi connectivity index (χ1) is 6.22. The first kappa shape index (κ1) is 10.1. The number of hydrogen-bond donors (Lipinski definition) is 2. The molecule has 0 amide bonds. The van der Waals surface area contributed by atoms with Crippen molar-refractivity contribution in [2.75, 3.05) is 7.05 Å². The Kier molecular flexibility index (Phi) is 3.77. The van der Waals surface area contributed by atoms with Crippen LogP contribution in [0.25, 0.3) is 0 Å². The fourth-order valence-corrected chi connectivity index (χ4v) is 1.24. The largest absolute Gasteiger partial charge is 0.508 e. The maximum atomic E-state index is 9.22. The average molecular weight is 179 g/mol. The Bertz CT molecular complexity index is 260. The van der Waals surface area contributed by atoms with Crippen LogP contribution in [0.15, 0.2) is 24.3 Å². The molecule has 0 spiro atoms. The molecule has 13 heavy (non-hydrogen) atoms. The Labute approximate surface area is 79.6 Å². The summed E-state index contributed by atoms with van der Waals surface area (Å²) in [5.74, 6) is 0.356. The number of benzene rings is 1. The number of phenols is 1. The van der Waals surface area contributed by atoms with E-state index in [0.717, 1.165) is 12.8 Å². The third kappa shape index (κ3) is 3.47. The van der Waals surface area contributed by atoms with Crippen molar-refractivity contribution in [3.8, 4) is 5.75 Å². The van der Waals surface area contributed by atoms with E-state index < -0.39 is 0 Å². The molecule has 2 nitrogen and oxygen atoms in total. The van der Waals surface area contributed by atoms with Gasteiger partial charge in [0.2, 0.25) is 0 Å². The van der Waals surface area contributed by atoms with E-state index in [4.69, 9.17) is 0 Å². The van der Waals surface area contributed by atoms with E-state index >= 15 is 0 Å². The molecule has 1 rings (SSSR count). The van der Waals surface area contributed by atoms with Crippen molar-refractivity contribution < 1.29 is 5.11 Å². The minimum atomic E-state index is 0.356. The molecule has 0 aromatic heterocycles. The zero-order valence-electron chi connectivity index (χ0n) is 8.25. The van der Waals surface area contributed by atoms with Crippen molar-refractivity contribution >= 4 is 0 Å². The summed E-state index contributed by atoms with van der Waals surface area (Å²) in [6.07, 6.45) is 2.11. The molecule has 2 heteroatoms. The van der Waals surface area contributed by atoms with Crippen LogP contribution in [0.5, 0.6) is 5.75 Å². The molecular formula is C11H17NO. The van der Waals surface area contributed by atoms with Gasteiger partial charge in [0.15, 0.2) is 0 Å². The maximum Gasteiger partial charge on any atom is 0.115 e. The van der Waals surface area contributed by atoms with Gasteiger partial charge in [-0.2, -0.15) is 0 Å². The summed E-state index contributed by atoms with van der Waals surface area (Å²) in [6, 6.07) is 7.98. The van der Waals surface area contributed by atoms with Gasteiger partial charge in [0.05, 0.1) is 0 Å². The first-order valence-electron chi connectivity index (χ1n) is 4.67. The Morgan fingerprint density at radius 1 is 1.46 bits per heavy atom. The van der Waals surface area contributed by atoms with Gasteiger partial charge in [-0.1, -0.05) is 12.1 Å². The smallest absolute Gasteiger partial charge is 0.115 e. The lowest BCUT2D eigenvalue weighted by molar-refractivity contribution is 0.474. The van der Waals surface area contributed by atoms with Gasteiger partial charge in [-0.15, -0.1) is 0 Å². The van der Waals surface area contributed by atoms with E-state index in [1.807, 2.05) is 25.2 Å². The van der Waals surface area contributed by atoms with Crippen LogP contribution in [0.4, 0.5) is 0 Å². The van der Waals surface area contributed by atoms with Crippen molar-refractivity contribution in [2.45, 2.75) is 25.8 Å². The zero-order valence-corrected chi connectivity index (χ0v) is 8.25. The molecule has 1 aromatic rings. The van der Waals surface area contributed by atoms with E-state index in [1.165, 1.54) is 5.56 Å². The highest BCUT2D eigenvalue weighted by molar-refractivity contribution is 5.27. The predicted octanol–water partition coefficient (Wildman–Crippen LogP) is 1.93. The number of phenolic OH excluding ortho intramolecular Hbond substituents is 1. The quantitative estimate of drug-likeness (QED) is 0.740. The molecule has 0 saturated carbocycles. The van der Waals surface area contributed by atoms with Gasteiger partial charge in [-0.25, -0.2) is 0 Å². The Morgan fingerprint density at radius 3 is 2.85 bits per heavy atom. The minimum absolute atomic E-state index is 0.356. The van der Waals surface area contributed by atoms with E-state index in [0.29, 0.717) is 11.8 Å². The SMILES string of the molecule is CNC(C)CCc1cccc(O)c1. The Hall–Kier alpha value is -1.02. The van der Waals surface area contributed by atoms with Gasteiger partial charge in [-0.05, 0) is 44.5 Å². The molecule has 1 atom stereocenters. The van der Waals surface area contributed by atoms with Gasteiger partial charge in [-0.3, -0.25) is 0 Å². The van der Waals surface area contributed by atoms with Gasteiger partial charge in [0.1, 0.15) is 5.75 Å². The van der Waals surface area contributed by atoms with Gasteiger partial charge >= 0.3 is 0 Å². The molecule has 1 aromatic carbocycles. The van der Waals surface area contributed by atoms with Gasteiger partial charge < -0.3 is 10.4 Å². The summed E-state index contributed by atoms with van der Waals surface area (Å²) in [6.45, 7) is 2.16. The molecule has 0 radical (unpaired) electrons. The van der Waals surface area contributed by atoms with E-state index in [2.05, 4.69) is 12.2 Å². The van der Waals surface area contributed by atoms with Crippen molar-refractivity contribution in [3.05, 3.63) is 29.8 Å². The fourth-order valence-electron chi connectivity index (χ4n) is 1.24. The molecular weight excluding hydrogens is 162 g/mol. The van der Waals surface area contributed by atoms with Crippen molar-refractivity contribution in [1.29, 1.82) is 0 Å². The number of hydrogen-bond acceptors (Lipinski definition) is 2. The molecule has 1 unspecified atom stereocenters. The van der Waals surface area contributed by atoms with Crippen molar-refractivity contribution in [2.24, 2.45) is 0 Å². The fraction of sp³-hybridized carbons (Fsp3) is 0.455. The molecule has 0 aliphatic rings. The summed E-state index contributed by atoms with van der Waals surface area (Å²) >= 11 is 0. The Balaban J connectivity index is 2.45. The molecule has 0 aliphatic carbocycles. The number of aryl methyl sites for hydroxylation is 1. The van der Waals surface area contributed by atoms with Gasteiger partial charge in [0.25, 0.3) is 0 Å². The van der Waals surface area contributed by atoms with Crippen LogP contribution >= 0.6 is 0 Å². The van der Waals surface area contributed by atoms with Crippen LogP contribution in [0.3, 0.4) is 0 Å². The van der Waals surface area contributed by atoms with Crippen LogP contribution in [-0.4, -0.2) is 18.2 Å². The summed E-state index contributed by atoms with van der Waals surface area (Å²) in [7, 11) is 1.97. The summed E-state index contributed by atoms with van der Waals surface area (Å²) in [5, 5.41) is 12.4. The lowest BCUT2D eigenvalue weighted by atomic mass is 10.1. The highest BCUT2D eigenvalue weighted by Gasteiger charge is 1.99. The molecule has 2 N–H and O–H groups in total. The highest BCUT2D eigenvalue weighted by Crippen LogP contribution is 2.12. The third-order valence-corrected chi connectivity index (χ3v) is 2.27. The molecule has 0 heterocycles. The van der Waals surface area contributed by atoms with Crippen LogP contribution in [0, 0.1) is 0 Å². The summed E-state index contributed by atoms with van der Waals surface area (Å²) < 4.78 is 0. The molecule has 0 saturated heterocycles. The summed E-state index contributed by atoms with van der Waals surface area (Å²) in [4.78, 5) is 0. The molecule has 0 bridgehead atoms. The van der Waals surface area contributed by atoms with Crippen molar-refractivity contribution in [1.82, 2.24) is 5.32 Å². The monoisotopic (exact) mass is 179 g/mol. The van der Waals surface area contributed by atoms with Crippen LogP contribution < -0.4 is 5.32 Å². The van der Waals surface area contributed by atoms with Crippen LogP contribution in [0.1, 0.15) is 18.9 Å². The zero-order chi connectivity index (χ0) is 9.68. The van der Waals surface area contributed by atoms with Crippen LogP contribution in [0.2, 0.25) is 0 Å². The lowest BCUT2D eigenvalue weighted by Crippen LogP contribution is -2.21. The normalized spacial score (nSPS) is 12.8. The third-order valence-electron chi connectivity index (χ3n) is 2.27. The highest BCUT2D eigenvalue weighted by atomic mass is 16.3. The minimum Gasteiger partial charge on any atom is -0.508 e. The second kappa shape index (κ2) is 4.87. The van der Waals surface area contributed by atoms with E-state index in [1.54, 1.807) is 6.07 Å². The standard InChI is InChI=1S/C11H17NO/c1-9(12-2)6-7-10-4-3-5-11(13)8-10/h3-5,8-9,12-13H,6-7H2,1-2H3. The van der Waals surface area contributed by atoms with E-state index in [-0.39, 0.29) is 0 Å². The first-order valence-corrected chi connectivity index (χ1v) is 4.67. The van der Waals surface area contributed by atoms with E-state index in [9.17, 15) is 5.11 Å². The topological polar surface area (TPSA) is 32.3 Å². The lowest BCUT2D eigenvalue weighted by Gasteiger charge is -2.09. The molecule has 0 fully saturated rings. The Morgan fingerprint density at radius 2 is 2.23 bits per heavy atom. The number of aromatic hydroxyl groups is 1. The van der Waals surface area contributed by atoms with Gasteiger partial charge in [0, 0.05) is 6.04 Å². The second-order valence-electron chi connectivity index (χ2n) is 3.40. The number of nitrogens with one attached hydrogen (secondary N) is 1. The van der Waals surface area contributed by atoms with Crippen LogP contribution in [-0.2, 0) is 6.42 Å². The molecule has 0 aliphatic heterocycles. The van der Waals surface area contributed by atoms with Crippen molar-refractivity contribution in [3.63, 3.8) is 0 Å². The number of rotatable bonds is 4.